The Labute approximate surface area is 98.0 Å². The van der Waals surface area contributed by atoms with E-state index in [1.54, 1.807) is 0 Å². The zero-order valence-corrected chi connectivity index (χ0v) is 10.6. The predicted octanol–water partition coefficient (Wildman–Crippen LogP) is 1.57. The standard InChI is InChI=1S/C12H23N3O/c1-11(2)4-8-16-9-6-13-10-12-14-5-7-15(12)3/h5,7,11,13H,4,6,8-10H2,1-3H3. The molecule has 4 nitrogen and oxygen atoms in total. The zero-order chi connectivity index (χ0) is 11.8. The molecule has 1 aromatic rings. The Morgan fingerprint density at radius 1 is 1.44 bits per heavy atom. The number of hydrogen-bond acceptors (Lipinski definition) is 3. The Kier molecular flexibility index (Phi) is 6.11. The van der Waals surface area contributed by atoms with Gasteiger partial charge in [-0.05, 0) is 12.3 Å². The first-order valence-electron chi connectivity index (χ1n) is 5.95. The average molecular weight is 225 g/mol. The number of hydrogen-bond donors (Lipinski definition) is 1. The fourth-order valence-corrected chi connectivity index (χ4v) is 1.33. The minimum atomic E-state index is 0.723. The summed E-state index contributed by atoms with van der Waals surface area (Å²) in [6.45, 7) is 7.74. The van der Waals surface area contributed by atoms with Gasteiger partial charge in [0.1, 0.15) is 5.82 Å². The average Bonchev–Trinajstić information content (AvgIpc) is 2.62. The fourth-order valence-electron chi connectivity index (χ4n) is 1.33. The van der Waals surface area contributed by atoms with Crippen molar-refractivity contribution >= 4 is 0 Å². The van der Waals surface area contributed by atoms with E-state index in [9.17, 15) is 0 Å². The third kappa shape index (κ3) is 5.28. The van der Waals surface area contributed by atoms with Crippen LogP contribution in [0.15, 0.2) is 12.4 Å². The highest BCUT2D eigenvalue weighted by Crippen LogP contribution is 1.98. The predicted molar refractivity (Wildman–Crippen MR) is 65.2 cm³/mol. The number of nitrogens with one attached hydrogen (secondary N) is 1. The third-order valence-corrected chi connectivity index (χ3v) is 2.47. The van der Waals surface area contributed by atoms with E-state index in [0.717, 1.165) is 44.5 Å². The monoisotopic (exact) mass is 225 g/mol. The van der Waals surface area contributed by atoms with Gasteiger partial charge < -0.3 is 14.6 Å². The highest BCUT2D eigenvalue weighted by atomic mass is 16.5. The van der Waals surface area contributed by atoms with Crippen LogP contribution in [-0.4, -0.2) is 29.3 Å². The second-order valence-electron chi connectivity index (χ2n) is 4.43. The molecule has 0 fully saturated rings. The number of aromatic nitrogens is 2. The van der Waals surface area contributed by atoms with Crippen LogP contribution < -0.4 is 5.32 Å². The maximum absolute atomic E-state index is 5.50. The van der Waals surface area contributed by atoms with Gasteiger partial charge in [-0.15, -0.1) is 0 Å². The molecule has 4 heteroatoms. The fraction of sp³-hybridized carbons (Fsp3) is 0.750. The number of aryl methyl sites for hydroxylation is 1. The van der Waals surface area contributed by atoms with Gasteiger partial charge in [0, 0.05) is 32.6 Å². The summed E-state index contributed by atoms with van der Waals surface area (Å²) in [5.74, 6) is 1.78. The molecule has 0 atom stereocenters. The van der Waals surface area contributed by atoms with Gasteiger partial charge in [0.25, 0.3) is 0 Å². The molecule has 0 amide bonds. The van der Waals surface area contributed by atoms with Crippen LogP contribution in [0.4, 0.5) is 0 Å². The molecule has 1 N–H and O–H groups in total. The van der Waals surface area contributed by atoms with Crippen molar-refractivity contribution in [2.75, 3.05) is 19.8 Å². The van der Waals surface area contributed by atoms with Gasteiger partial charge in [0.05, 0.1) is 13.2 Å². The SMILES string of the molecule is CC(C)CCOCCNCc1nccn1C. The maximum atomic E-state index is 5.50. The third-order valence-electron chi connectivity index (χ3n) is 2.47. The van der Waals surface area contributed by atoms with Gasteiger partial charge in [-0.25, -0.2) is 4.98 Å². The van der Waals surface area contributed by atoms with E-state index in [1.165, 1.54) is 0 Å². The lowest BCUT2D eigenvalue weighted by Gasteiger charge is -2.07. The molecule has 0 aliphatic heterocycles. The van der Waals surface area contributed by atoms with E-state index in [1.807, 2.05) is 24.0 Å². The van der Waals surface area contributed by atoms with Gasteiger partial charge in [0.15, 0.2) is 0 Å². The summed E-state index contributed by atoms with van der Waals surface area (Å²) in [5, 5.41) is 3.31. The van der Waals surface area contributed by atoms with Crippen LogP contribution in [0.3, 0.4) is 0 Å². The molecular formula is C12H23N3O. The molecule has 0 radical (unpaired) electrons. The highest BCUT2D eigenvalue weighted by molar-refractivity contribution is 4.90. The lowest BCUT2D eigenvalue weighted by molar-refractivity contribution is 0.125. The second-order valence-corrected chi connectivity index (χ2v) is 4.43. The molecule has 0 saturated heterocycles. The Hall–Kier alpha value is -0.870. The summed E-state index contributed by atoms with van der Waals surface area (Å²) < 4.78 is 7.52. The highest BCUT2D eigenvalue weighted by Gasteiger charge is 1.97. The van der Waals surface area contributed by atoms with Gasteiger partial charge in [0.2, 0.25) is 0 Å². The lowest BCUT2D eigenvalue weighted by Crippen LogP contribution is -2.21. The zero-order valence-electron chi connectivity index (χ0n) is 10.6. The molecular weight excluding hydrogens is 202 g/mol. The number of ether oxygens (including phenoxy) is 1. The molecule has 0 saturated carbocycles. The molecule has 0 bridgehead atoms. The minimum Gasteiger partial charge on any atom is -0.380 e. The molecule has 0 unspecified atom stereocenters. The first-order valence-corrected chi connectivity index (χ1v) is 5.95. The quantitative estimate of drug-likeness (QED) is 0.683. The molecule has 0 spiro atoms. The Balaban J connectivity index is 1.94. The van der Waals surface area contributed by atoms with E-state index < -0.39 is 0 Å². The largest absolute Gasteiger partial charge is 0.380 e. The van der Waals surface area contributed by atoms with Crippen LogP contribution in [0.5, 0.6) is 0 Å². The summed E-state index contributed by atoms with van der Waals surface area (Å²) in [7, 11) is 2.00. The van der Waals surface area contributed by atoms with Crippen LogP contribution in [-0.2, 0) is 18.3 Å². The van der Waals surface area contributed by atoms with Gasteiger partial charge in [-0.2, -0.15) is 0 Å². The summed E-state index contributed by atoms with van der Waals surface area (Å²) in [4.78, 5) is 4.23. The summed E-state index contributed by atoms with van der Waals surface area (Å²) in [6, 6.07) is 0. The van der Waals surface area contributed by atoms with Crippen LogP contribution in [0, 0.1) is 5.92 Å². The van der Waals surface area contributed by atoms with Crippen molar-refractivity contribution in [2.24, 2.45) is 13.0 Å². The van der Waals surface area contributed by atoms with E-state index >= 15 is 0 Å². The molecule has 1 rings (SSSR count). The molecule has 1 aromatic heterocycles. The van der Waals surface area contributed by atoms with Crippen molar-refractivity contribution in [1.29, 1.82) is 0 Å². The van der Waals surface area contributed by atoms with E-state index in [4.69, 9.17) is 4.74 Å². The lowest BCUT2D eigenvalue weighted by atomic mass is 10.1. The molecule has 1 heterocycles. The molecule has 0 aromatic carbocycles. The van der Waals surface area contributed by atoms with E-state index in [2.05, 4.69) is 24.1 Å². The molecule has 16 heavy (non-hydrogen) atoms. The van der Waals surface area contributed by atoms with Crippen LogP contribution in [0.1, 0.15) is 26.1 Å². The normalized spacial score (nSPS) is 11.2. The topological polar surface area (TPSA) is 39.1 Å². The van der Waals surface area contributed by atoms with Crippen molar-refractivity contribution in [3.8, 4) is 0 Å². The maximum Gasteiger partial charge on any atom is 0.122 e. The van der Waals surface area contributed by atoms with Crippen molar-refractivity contribution in [3.63, 3.8) is 0 Å². The Bertz CT molecular complexity index is 284. The van der Waals surface area contributed by atoms with Crippen molar-refractivity contribution in [2.45, 2.75) is 26.8 Å². The Morgan fingerprint density at radius 2 is 2.25 bits per heavy atom. The van der Waals surface area contributed by atoms with E-state index in [-0.39, 0.29) is 0 Å². The van der Waals surface area contributed by atoms with Crippen LogP contribution >= 0.6 is 0 Å². The summed E-state index contributed by atoms with van der Waals surface area (Å²) >= 11 is 0. The van der Waals surface area contributed by atoms with Crippen molar-refractivity contribution < 1.29 is 4.74 Å². The van der Waals surface area contributed by atoms with Gasteiger partial charge >= 0.3 is 0 Å². The first-order chi connectivity index (χ1) is 7.70. The molecule has 0 aliphatic rings. The number of nitrogens with zero attached hydrogens (tertiary/aromatic N) is 2. The van der Waals surface area contributed by atoms with E-state index in [0.29, 0.717) is 0 Å². The van der Waals surface area contributed by atoms with Crippen LogP contribution in [0.2, 0.25) is 0 Å². The summed E-state index contributed by atoms with van der Waals surface area (Å²) in [5.41, 5.74) is 0. The van der Waals surface area contributed by atoms with Crippen LogP contribution in [0.25, 0.3) is 0 Å². The van der Waals surface area contributed by atoms with Gasteiger partial charge in [-0.1, -0.05) is 13.8 Å². The first kappa shape index (κ1) is 13.2. The van der Waals surface area contributed by atoms with Gasteiger partial charge in [-0.3, -0.25) is 0 Å². The number of rotatable bonds is 8. The minimum absolute atomic E-state index is 0.723. The smallest absolute Gasteiger partial charge is 0.122 e. The Morgan fingerprint density at radius 3 is 2.88 bits per heavy atom. The molecule has 0 aliphatic carbocycles. The van der Waals surface area contributed by atoms with Crippen molar-refractivity contribution in [1.82, 2.24) is 14.9 Å². The molecule has 92 valence electrons. The number of imidazole rings is 1. The van der Waals surface area contributed by atoms with Crippen molar-refractivity contribution in [3.05, 3.63) is 18.2 Å². The summed E-state index contributed by atoms with van der Waals surface area (Å²) in [6.07, 6.45) is 4.91. The second kappa shape index (κ2) is 7.41.